The van der Waals surface area contributed by atoms with Crippen LogP contribution in [0.15, 0.2) is 46.0 Å². The zero-order valence-corrected chi connectivity index (χ0v) is 12.5. The Bertz CT molecular complexity index is 717. The summed E-state index contributed by atoms with van der Waals surface area (Å²) in [5.41, 5.74) is 7.13. The lowest BCUT2D eigenvalue weighted by atomic mass is 10.2. The van der Waals surface area contributed by atoms with Gasteiger partial charge in [0.2, 0.25) is 0 Å². The molecule has 0 radical (unpaired) electrons. The molecule has 0 saturated carbocycles. The molecule has 0 amide bonds. The number of halogens is 1. The van der Waals surface area contributed by atoms with Crippen molar-refractivity contribution >= 4 is 37.3 Å². The molecule has 1 aromatic heterocycles. The second-order valence-electron chi connectivity index (χ2n) is 3.98. The van der Waals surface area contributed by atoms with Crippen LogP contribution < -0.4 is 10.5 Å². The van der Waals surface area contributed by atoms with E-state index in [-0.39, 0.29) is 10.6 Å². The fourth-order valence-electron chi connectivity index (χ4n) is 1.56. The van der Waals surface area contributed by atoms with Crippen LogP contribution in [-0.4, -0.2) is 13.4 Å². The summed E-state index contributed by atoms with van der Waals surface area (Å²) in [5.74, 6) is 0. The summed E-state index contributed by atoms with van der Waals surface area (Å²) >= 11 is 3.33. The molecule has 0 fully saturated rings. The number of aryl methyl sites for hydroxylation is 1. The molecule has 7 heteroatoms. The number of hydrogen-bond acceptors (Lipinski definition) is 4. The van der Waals surface area contributed by atoms with Crippen LogP contribution >= 0.6 is 15.9 Å². The van der Waals surface area contributed by atoms with E-state index in [1.165, 1.54) is 18.5 Å². The van der Waals surface area contributed by atoms with Gasteiger partial charge in [0.05, 0.1) is 11.4 Å². The first-order valence-corrected chi connectivity index (χ1v) is 7.66. The van der Waals surface area contributed by atoms with E-state index in [0.29, 0.717) is 5.69 Å². The Kier molecular flexibility index (Phi) is 3.77. The molecule has 0 unspecified atom stereocenters. The number of aromatic nitrogens is 1. The van der Waals surface area contributed by atoms with Gasteiger partial charge in [-0.15, -0.1) is 0 Å². The first kappa shape index (κ1) is 13.8. The first-order chi connectivity index (χ1) is 8.90. The van der Waals surface area contributed by atoms with Crippen LogP contribution in [0.2, 0.25) is 0 Å². The number of sulfonamides is 1. The predicted molar refractivity (Wildman–Crippen MR) is 78.3 cm³/mol. The van der Waals surface area contributed by atoms with Gasteiger partial charge in [-0.25, -0.2) is 8.42 Å². The maximum atomic E-state index is 12.2. The Labute approximate surface area is 120 Å². The lowest BCUT2D eigenvalue weighted by Crippen LogP contribution is -2.15. The van der Waals surface area contributed by atoms with E-state index in [1.54, 1.807) is 12.1 Å². The van der Waals surface area contributed by atoms with E-state index in [2.05, 4.69) is 25.6 Å². The molecule has 0 aliphatic heterocycles. The second-order valence-corrected chi connectivity index (χ2v) is 6.54. The lowest BCUT2D eigenvalue weighted by molar-refractivity contribution is 0.601. The normalized spacial score (nSPS) is 11.3. The SMILES string of the molecule is Cc1cc(Br)ccc1NS(=O)(=O)c1cnccc1N. The zero-order valence-electron chi connectivity index (χ0n) is 10.1. The van der Waals surface area contributed by atoms with E-state index in [9.17, 15) is 8.42 Å². The van der Waals surface area contributed by atoms with Crippen LogP contribution in [0.25, 0.3) is 0 Å². The lowest BCUT2D eigenvalue weighted by Gasteiger charge is -2.11. The number of nitrogens with one attached hydrogen (secondary N) is 1. The molecule has 0 saturated heterocycles. The molecule has 100 valence electrons. The zero-order chi connectivity index (χ0) is 14.0. The smallest absolute Gasteiger partial charge is 0.265 e. The summed E-state index contributed by atoms with van der Waals surface area (Å²) in [4.78, 5) is 3.75. The van der Waals surface area contributed by atoms with Crippen molar-refractivity contribution in [1.82, 2.24) is 4.98 Å². The Morgan fingerprint density at radius 1 is 1.32 bits per heavy atom. The van der Waals surface area contributed by atoms with Crippen molar-refractivity contribution in [2.75, 3.05) is 10.5 Å². The van der Waals surface area contributed by atoms with Crippen molar-refractivity contribution in [3.8, 4) is 0 Å². The number of benzene rings is 1. The van der Waals surface area contributed by atoms with Gasteiger partial charge < -0.3 is 5.73 Å². The highest BCUT2D eigenvalue weighted by Gasteiger charge is 2.18. The number of pyridine rings is 1. The molecule has 0 bridgehead atoms. The van der Waals surface area contributed by atoms with Crippen LogP contribution in [-0.2, 0) is 10.0 Å². The van der Waals surface area contributed by atoms with Crippen LogP contribution in [0.3, 0.4) is 0 Å². The Hall–Kier alpha value is -1.60. The van der Waals surface area contributed by atoms with Gasteiger partial charge in [-0.3, -0.25) is 9.71 Å². The molecule has 1 heterocycles. The molecule has 5 nitrogen and oxygen atoms in total. The molecular formula is C12H12BrN3O2S. The fraction of sp³-hybridized carbons (Fsp3) is 0.0833. The summed E-state index contributed by atoms with van der Waals surface area (Å²) in [5, 5.41) is 0. The van der Waals surface area contributed by atoms with Crippen molar-refractivity contribution in [2.45, 2.75) is 11.8 Å². The average Bonchev–Trinajstić information content (AvgIpc) is 2.33. The Morgan fingerprint density at radius 2 is 2.05 bits per heavy atom. The average molecular weight is 342 g/mol. The van der Waals surface area contributed by atoms with Gasteiger partial charge in [-0.1, -0.05) is 15.9 Å². The van der Waals surface area contributed by atoms with Crippen LogP contribution in [0.4, 0.5) is 11.4 Å². The molecular weight excluding hydrogens is 330 g/mol. The standard InChI is InChI=1S/C12H12BrN3O2S/c1-8-6-9(13)2-3-11(8)16-19(17,18)12-7-15-5-4-10(12)14/h2-7,16H,1H3,(H2,14,15). The van der Waals surface area contributed by atoms with Gasteiger partial charge in [-0.05, 0) is 36.8 Å². The molecule has 3 N–H and O–H groups in total. The molecule has 0 atom stereocenters. The van der Waals surface area contributed by atoms with Gasteiger partial charge in [-0.2, -0.15) is 0 Å². The van der Waals surface area contributed by atoms with E-state index < -0.39 is 10.0 Å². The van der Waals surface area contributed by atoms with Crippen LogP contribution in [0.5, 0.6) is 0 Å². The minimum absolute atomic E-state index is 0.0303. The highest BCUT2D eigenvalue weighted by molar-refractivity contribution is 9.10. The number of nitrogen functional groups attached to an aromatic ring is 1. The van der Waals surface area contributed by atoms with Gasteiger partial charge in [0.25, 0.3) is 10.0 Å². The number of anilines is 2. The monoisotopic (exact) mass is 341 g/mol. The van der Waals surface area contributed by atoms with Gasteiger partial charge in [0.1, 0.15) is 4.90 Å². The highest BCUT2D eigenvalue weighted by atomic mass is 79.9. The summed E-state index contributed by atoms with van der Waals surface area (Å²) in [7, 11) is -3.73. The summed E-state index contributed by atoms with van der Waals surface area (Å²) in [6.45, 7) is 1.81. The summed E-state index contributed by atoms with van der Waals surface area (Å²) in [6, 6.07) is 6.72. The number of nitrogens with zero attached hydrogens (tertiary/aromatic N) is 1. The van der Waals surface area contributed by atoms with Gasteiger partial charge >= 0.3 is 0 Å². The maximum Gasteiger partial charge on any atom is 0.265 e. The summed E-state index contributed by atoms with van der Waals surface area (Å²) < 4.78 is 27.8. The molecule has 0 spiro atoms. The molecule has 1 aromatic carbocycles. The van der Waals surface area contributed by atoms with E-state index in [0.717, 1.165) is 10.0 Å². The Balaban J connectivity index is 2.40. The maximum absolute atomic E-state index is 12.2. The third kappa shape index (κ3) is 3.05. The van der Waals surface area contributed by atoms with Crippen LogP contribution in [0.1, 0.15) is 5.56 Å². The fourth-order valence-corrected chi connectivity index (χ4v) is 3.24. The predicted octanol–water partition coefficient (Wildman–Crippen LogP) is 2.54. The molecule has 2 aromatic rings. The molecule has 0 aliphatic rings. The largest absolute Gasteiger partial charge is 0.398 e. The molecule has 2 rings (SSSR count). The summed E-state index contributed by atoms with van der Waals surface area (Å²) in [6.07, 6.45) is 2.67. The van der Waals surface area contributed by atoms with E-state index in [1.807, 2.05) is 13.0 Å². The van der Waals surface area contributed by atoms with Crippen molar-refractivity contribution < 1.29 is 8.42 Å². The first-order valence-electron chi connectivity index (χ1n) is 5.38. The topological polar surface area (TPSA) is 85.1 Å². The van der Waals surface area contributed by atoms with Gasteiger partial charge in [0, 0.05) is 16.9 Å². The van der Waals surface area contributed by atoms with Crippen molar-refractivity contribution in [3.63, 3.8) is 0 Å². The minimum Gasteiger partial charge on any atom is -0.398 e. The third-order valence-corrected chi connectivity index (χ3v) is 4.44. The minimum atomic E-state index is -3.73. The number of hydrogen-bond donors (Lipinski definition) is 2. The van der Waals surface area contributed by atoms with Gasteiger partial charge in [0.15, 0.2) is 0 Å². The Morgan fingerprint density at radius 3 is 2.68 bits per heavy atom. The molecule has 19 heavy (non-hydrogen) atoms. The number of nitrogens with two attached hydrogens (primary N) is 1. The van der Waals surface area contributed by atoms with Crippen LogP contribution in [0, 0.1) is 6.92 Å². The van der Waals surface area contributed by atoms with E-state index >= 15 is 0 Å². The molecule has 0 aliphatic carbocycles. The van der Waals surface area contributed by atoms with Crippen molar-refractivity contribution in [2.24, 2.45) is 0 Å². The number of rotatable bonds is 3. The van der Waals surface area contributed by atoms with E-state index in [4.69, 9.17) is 5.73 Å². The van der Waals surface area contributed by atoms with Crippen molar-refractivity contribution in [1.29, 1.82) is 0 Å². The third-order valence-electron chi connectivity index (χ3n) is 2.54. The van der Waals surface area contributed by atoms with Crippen molar-refractivity contribution in [3.05, 3.63) is 46.7 Å². The second kappa shape index (κ2) is 5.18. The highest BCUT2D eigenvalue weighted by Crippen LogP contribution is 2.24. The quantitative estimate of drug-likeness (QED) is 0.898.